The van der Waals surface area contributed by atoms with Gasteiger partial charge in [0.15, 0.2) is 0 Å². The molecule has 0 bridgehead atoms. The molecule has 118 valence electrons. The summed E-state index contributed by atoms with van der Waals surface area (Å²) in [6, 6.07) is 8.56. The van der Waals surface area contributed by atoms with Crippen LogP contribution >= 0.6 is 0 Å². The molecule has 1 unspecified atom stereocenters. The SMILES string of the molecule is COc1ccccc1CC(C)N(C)CCCCCC(=O)O. The minimum atomic E-state index is -0.701. The monoisotopic (exact) mass is 293 g/mol. The van der Waals surface area contributed by atoms with Gasteiger partial charge in [0.2, 0.25) is 0 Å². The lowest BCUT2D eigenvalue weighted by atomic mass is 10.0. The van der Waals surface area contributed by atoms with Crippen LogP contribution in [0.5, 0.6) is 5.75 Å². The number of hydrogen-bond acceptors (Lipinski definition) is 3. The molecule has 0 radical (unpaired) electrons. The van der Waals surface area contributed by atoms with E-state index in [0.717, 1.165) is 38.0 Å². The van der Waals surface area contributed by atoms with Gasteiger partial charge in [-0.1, -0.05) is 24.6 Å². The number of ether oxygens (including phenoxy) is 1. The van der Waals surface area contributed by atoms with Gasteiger partial charge in [-0.25, -0.2) is 0 Å². The van der Waals surface area contributed by atoms with Gasteiger partial charge in [-0.15, -0.1) is 0 Å². The van der Waals surface area contributed by atoms with Crippen LogP contribution in [-0.4, -0.2) is 42.7 Å². The summed E-state index contributed by atoms with van der Waals surface area (Å²) in [4.78, 5) is 12.8. The Morgan fingerprint density at radius 3 is 2.67 bits per heavy atom. The fourth-order valence-electron chi connectivity index (χ4n) is 2.38. The molecule has 0 spiro atoms. The average Bonchev–Trinajstić information content (AvgIpc) is 2.46. The smallest absolute Gasteiger partial charge is 0.303 e. The summed E-state index contributed by atoms with van der Waals surface area (Å²) in [5, 5.41) is 8.60. The molecule has 1 aromatic rings. The topological polar surface area (TPSA) is 49.8 Å². The average molecular weight is 293 g/mol. The minimum Gasteiger partial charge on any atom is -0.496 e. The van der Waals surface area contributed by atoms with E-state index in [1.807, 2.05) is 18.2 Å². The molecule has 0 amide bonds. The Labute approximate surface area is 127 Å². The minimum absolute atomic E-state index is 0.278. The van der Waals surface area contributed by atoms with E-state index in [1.54, 1.807) is 7.11 Å². The number of hydrogen-bond donors (Lipinski definition) is 1. The van der Waals surface area contributed by atoms with Crippen LogP contribution in [0.1, 0.15) is 38.2 Å². The first-order valence-corrected chi connectivity index (χ1v) is 7.58. The van der Waals surface area contributed by atoms with Crippen molar-refractivity contribution in [2.75, 3.05) is 20.7 Å². The van der Waals surface area contributed by atoms with Crippen LogP contribution in [0.2, 0.25) is 0 Å². The van der Waals surface area contributed by atoms with E-state index < -0.39 is 5.97 Å². The first kappa shape index (κ1) is 17.5. The van der Waals surface area contributed by atoms with E-state index in [-0.39, 0.29) is 6.42 Å². The van der Waals surface area contributed by atoms with Gasteiger partial charge in [-0.05, 0) is 51.4 Å². The van der Waals surface area contributed by atoms with Crippen molar-refractivity contribution in [1.29, 1.82) is 0 Å². The van der Waals surface area contributed by atoms with Gasteiger partial charge in [-0.3, -0.25) is 4.79 Å². The second kappa shape index (κ2) is 9.40. The number of aliphatic carboxylic acids is 1. The summed E-state index contributed by atoms with van der Waals surface area (Å²) < 4.78 is 5.39. The fraction of sp³-hybridized carbons (Fsp3) is 0.588. The van der Waals surface area contributed by atoms with Crippen LogP contribution in [0.15, 0.2) is 24.3 Å². The Kier molecular flexibility index (Phi) is 7.83. The molecule has 4 heteroatoms. The highest BCUT2D eigenvalue weighted by Crippen LogP contribution is 2.20. The van der Waals surface area contributed by atoms with Gasteiger partial charge in [0.1, 0.15) is 5.75 Å². The van der Waals surface area contributed by atoms with Crippen molar-refractivity contribution in [3.8, 4) is 5.75 Å². The zero-order chi connectivity index (χ0) is 15.7. The first-order valence-electron chi connectivity index (χ1n) is 7.58. The molecule has 0 aliphatic rings. The number of likely N-dealkylation sites (N-methyl/N-ethyl adjacent to an activating group) is 1. The second-order valence-electron chi connectivity index (χ2n) is 5.55. The molecule has 21 heavy (non-hydrogen) atoms. The Balaban J connectivity index is 2.33. The highest BCUT2D eigenvalue weighted by molar-refractivity contribution is 5.66. The zero-order valence-corrected chi connectivity index (χ0v) is 13.3. The third kappa shape index (κ3) is 6.63. The zero-order valence-electron chi connectivity index (χ0n) is 13.3. The van der Waals surface area contributed by atoms with Crippen LogP contribution in [0.4, 0.5) is 0 Å². The summed E-state index contributed by atoms with van der Waals surface area (Å²) in [7, 11) is 3.83. The molecule has 4 nitrogen and oxygen atoms in total. The lowest BCUT2D eigenvalue weighted by Crippen LogP contribution is -2.31. The molecule has 0 fully saturated rings. The van der Waals surface area contributed by atoms with Crippen LogP contribution < -0.4 is 4.74 Å². The Morgan fingerprint density at radius 2 is 2.00 bits per heavy atom. The van der Waals surface area contributed by atoms with Gasteiger partial charge in [-0.2, -0.15) is 0 Å². The molecule has 1 N–H and O–H groups in total. The van der Waals surface area contributed by atoms with Gasteiger partial charge in [0.25, 0.3) is 0 Å². The number of nitrogens with zero attached hydrogens (tertiary/aromatic N) is 1. The summed E-state index contributed by atoms with van der Waals surface area (Å²) in [5.74, 6) is 0.243. The maximum absolute atomic E-state index is 10.4. The van der Waals surface area contributed by atoms with Crippen molar-refractivity contribution in [1.82, 2.24) is 4.90 Å². The lowest BCUT2D eigenvalue weighted by molar-refractivity contribution is -0.137. The molecular formula is C17H27NO3. The number of benzene rings is 1. The highest BCUT2D eigenvalue weighted by atomic mass is 16.5. The number of methoxy groups -OCH3 is 1. The number of carbonyl (C=O) groups is 1. The van der Waals surface area contributed by atoms with Gasteiger partial charge < -0.3 is 14.7 Å². The van der Waals surface area contributed by atoms with Crippen molar-refractivity contribution in [2.24, 2.45) is 0 Å². The molecule has 1 aromatic carbocycles. The lowest BCUT2D eigenvalue weighted by Gasteiger charge is -2.25. The highest BCUT2D eigenvalue weighted by Gasteiger charge is 2.12. The molecule has 0 aliphatic heterocycles. The molecule has 0 saturated heterocycles. The number of carboxylic acids is 1. The summed E-state index contributed by atoms with van der Waals surface area (Å²) in [5.41, 5.74) is 1.23. The number of unbranched alkanes of at least 4 members (excludes halogenated alkanes) is 2. The van der Waals surface area contributed by atoms with E-state index in [9.17, 15) is 4.79 Å². The predicted molar refractivity (Wildman–Crippen MR) is 84.9 cm³/mol. The number of carboxylic acid groups (broad SMARTS) is 1. The fourth-order valence-corrected chi connectivity index (χ4v) is 2.38. The van der Waals surface area contributed by atoms with Crippen LogP contribution in [0.25, 0.3) is 0 Å². The maximum Gasteiger partial charge on any atom is 0.303 e. The van der Waals surface area contributed by atoms with E-state index >= 15 is 0 Å². The Morgan fingerprint density at radius 1 is 1.29 bits per heavy atom. The summed E-state index contributed by atoms with van der Waals surface area (Å²) >= 11 is 0. The van der Waals surface area contributed by atoms with Crippen molar-refractivity contribution in [2.45, 2.75) is 45.1 Å². The molecule has 0 heterocycles. The molecule has 1 atom stereocenters. The summed E-state index contributed by atoms with van der Waals surface area (Å²) in [6.07, 6.45) is 4.01. The maximum atomic E-state index is 10.4. The molecule has 0 aliphatic carbocycles. The van der Waals surface area contributed by atoms with Crippen molar-refractivity contribution in [3.05, 3.63) is 29.8 Å². The van der Waals surface area contributed by atoms with E-state index in [0.29, 0.717) is 6.04 Å². The Hall–Kier alpha value is -1.55. The second-order valence-corrected chi connectivity index (χ2v) is 5.55. The number of rotatable bonds is 10. The quantitative estimate of drug-likeness (QED) is 0.673. The van der Waals surface area contributed by atoms with Crippen molar-refractivity contribution < 1.29 is 14.6 Å². The van der Waals surface area contributed by atoms with E-state index in [4.69, 9.17) is 9.84 Å². The standard InChI is InChI=1S/C17H27NO3/c1-14(13-15-9-6-7-10-16(15)21-3)18(2)12-8-4-5-11-17(19)20/h6-7,9-10,14H,4-5,8,11-13H2,1-3H3,(H,19,20). The normalized spacial score (nSPS) is 12.4. The first-order chi connectivity index (χ1) is 10.0. The van der Waals surface area contributed by atoms with Crippen LogP contribution in [0.3, 0.4) is 0 Å². The largest absolute Gasteiger partial charge is 0.496 e. The molecule has 0 saturated carbocycles. The third-order valence-corrected chi connectivity index (χ3v) is 3.86. The van der Waals surface area contributed by atoms with E-state index in [2.05, 4.69) is 24.9 Å². The van der Waals surface area contributed by atoms with Crippen molar-refractivity contribution in [3.63, 3.8) is 0 Å². The van der Waals surface area contributed by atoms with Gasteiger partial charge >= 0.3 is 5.97 Å². The van der Waals surface area contributed by atoms with Crippen LogP contribution in [-0.2, 0) is 11.2 Å². The van der Waals surface area contributed by atoms with Gasteiger partial charge in [0.05, 0.1) is 7.11 Å². The molecule has 1 rings (SSSR count). The van der Waals surface area contributed by atoms with E-state index in [1.165, 1.54) is 5.56 Å². The summed E-state index contributed by atoms with van der Waals surface area (Å²) in [6.45, 7) is 3.21. The van der Waals surface area contributed by atoms with Crippen LogP contribution in [0, 0.1) is 0 Å². The van der Waals surface area contributed by atoms with Crippen molar-refractivity contribution >= 4 is 5.97 Å². The number of para-hydroxylation sites is 1. The molecular weight excluding hydrogens is 266 g/mol. The Bertz CT molecular complexity index is 434. The predicted octanol–water partition coefficient (Wildman–Crippen LogP) is 3.20. The molecule has 0 aromatic heterocycles. The third-order valence-electron chi connectivity index (χ3n) is 3.86. The van der Waals surface area contributed by atoms with Gasteiger partial charge in [0, 0.05) is 12.5 Å².